The minimum Gasteiger partial charge on any atom is -0.336 e. The van der Waals surface area contributed by atoms with Crippen LogP contribution in [0, 0.1) is 6.92 Å². The Balaban J connectivity index is 1.79. The van der Waals surface area contributed by atoms with Crippen LogP contribution in [0.1, 0.15) is 29.9 Å². The second-order valence-corrected chi connectivity index (χ2v) is 7.70. The fourth-order valence-electron chi connectivity index (χ4n) is 2.79. The van der Waals surface area contributed by atoms with Crippen LogP contribution in [0.4, 0.5) is 16.2 Å². The standard InChI is InChI=1S/C21H22BrN5O2/c1-13(2)24-21(29)26-19-7-5-4-6-18(19)25-20(28)17-12-23-27(14(17)3)16-10-8-15(22)9-11-16/h4-13H,1-3H3,(H,25,28)(H2,24,26,29). The van der Waals surface area contributed by atoms with E-state index in [4.69, 9.17) is 0 Å². The van der Waals surface area contributed by atoms with Crippen molar-refractivity contribution in [3.8, 4) is 5.69 Å². The summed E-state index contributed by atoms with van der Waals surface area (Å²) < 4.78 is 2.68. The Kier molecular flexibility index (Phi) is 6.33. The Bertz CT molecular complexity index is 1030. The van der Waals surface area contributed by atoms with Crippen LogP contribution < -0.4 is 16.0 Å². The molecule has 0 unspecified atom stereocenters. The normalized spacial score (nSPS) is 10.7. The number of nitrogens with one attached hydrogen (secondary N) is 3. The zero-order valence-corrected chi connectivity index (χ0v) is 17.9. The molecule has 8 heteroatoms. The van der Waals surface area contributed by atoms with Gasteiger partial charge in [-0.05, 0) is 57.2 Å². The molecular formula is C21H22BrN5O2. The van der Waals surface area contributed by atoms with Crippen LogP contribution in [0.15, 0.2) is 59.2 Å². The zero-order valence-electron chi connectivity index (χ0n) is 16.4. The highest BCUT2D eigenvalue weighted by atomic mass is 79.9. The lowest BCUT2D eigenvalue weighted by atomic mass is 10.2. The Morgan fingerprint density at radius 3 is 2.24 bits per heavy atom. The maximum absolute atomic E-state index is 12.8. The van der Waals surface area contributed by atoms with Gasteiger partial charge >= 0.3 is 6.03 Å². The fourth-order valence-corrected chi connectivity index (χ4v) is 3.05. The number of nitrogens with zero attached hydrogens (tertiary/aromatic N) is 2. The van der Waals surface area contributed by atoms with Gasteiger partial charge in [-0.1, -0.05) is 28.1 Å². The number of rotatable bonds is 5. The molecule has 3 rings (SSSR count). The summed E-state index contributed by atoms with van der Waals surface area (Å²) in [4.78, 5) is 24.9. The second-order valence-electron chi connectivity index (χ2n) is 6.78. The number of carbonyl (C=O) groups excluding carboxylic acids is 2. The summed E-state index contributed by atoms with van der Waals surface area (Å²) in [5.41, 5.74) is 3.04. The van der Waals surface area contributed by atoms with E-state index in [9.17, 15) is 9.59 Å². The number of carbonyl (C=O) groups is 2. The first-order chi connectivity index (χ1) is 13.8. The third kappa shape index (κ3) is 5.03. The van der Waals surface area contributed by atoms with Crippen molar-refractivity contribution in [3.63, 3.8) is 0 Å². The molecule has 1 heterocycles. The van der Waals surface area contributed by atoms with Crippen molar-refractivity contribution < 1.29 is 9.59 Å². The van der Waals surface area contributed by atoms with E-state index in [1.807, 2.05) is 45.0 Å². The summed E-state index contributed by atoms with van der Waals surface area (Å²) in [5, 5.41) is 12.7. The molecule has 0 aliphatic heterocycles. The van der Waals surface area contributed by atoms with E-state index in [-0.39, 0.29) is 18.0 Å². The number of urea groups is 1. The van der Waals surface area contributed by atoms with E-state index >= 15 is 0 Å². The van der Waals surface area contributed by atoms with Gasteiger partial charge in [0.1, 0.15) is 0 Å². The van der Waals surface area contributed by atoms with Gasteiger partial charge in [-0.15, -0.1) is 0 Å². The zero-order chi connectivity index (χ0) is 21.0. The molecule has 3 N–H and O–H groups in total. The Morgan fingerprint density at radius 1 is 1.00 bits per heavy atom. The van der Waals surface area contributed by atoms with Gasteiger partial charge < -0.3 is 16.0 Å². The highest BCUT2D eigenvalue weighted by Crippen LogP contribution is 2.23. The number of hydrogen-bond acceptors (Lipinski definition) is 3. The van der Waals surface area contributed by atoms with E-state index in [2.05, 4.69) is 37.0 Å². The minimum absolute atomic E-state index is 0.00357. The molecule has 2 aromatic carbocycles. The smallest absolute Gasteiger partial charge is 0.319 e. The molecule has 0 aliphatic rings. The number of benzene rings is 2. The molecule has 0 fully saturated rings. The average molecular weight is 456 g/mol. The van der Waals surface area contributed by atoms with Crippen LogP contribution in [0.3, 0.4) is 0 Å². The first-order valence-corrected chi connectivity index (χ1v) is 9.93. The molecule has 0 spiro atoms. The lowest BCUT2D eigenvalue weighted by molar-refractivity contribution is 0.102. The van der Waals surface area contributed by atoms with E-state index in [1.54, 1.807) is 28.9 Å². The number of para-hydroxylation sites is 2. The third-order valence-electron chi connectivity index (χ3n) is 4.17. The largest absolute Gasteiger partial charge is 0.336 e. The van der Waals surface area contributed by atoms with Crippen LogP contribution in [-0.2, 0) is 0 Å². The fraction of sp³-hybridized carbons (Fsp3) is 0.190. The summed E-state index contributed by atoms with van der Waals surface area (Å²) in [6.07, 6.45) is 1.54. The lowest BCUT2D eigenvalue weighted by Gasteiger charge is -2.14. The Morgan fingerprint density at radius 2 is 1.62 bits per heavy atom. The molecule has 3 aromatic rings. The predicted octanol–water partition coefficient (Wildman–Crippen LogP) is 4.73. The topological polar surface area (TPSA) is 88.1 Å². The van der Waals surface area contributed by atoms with Crippen molar-refractivity contribution in [1.82, 2.24) is 15.1 Å². The number of amides is 3. The Hall–Kier alpha value is -3.13. The van der Waals surface area contributed by atoms with Gasteiger partial charge in [0, 0.05) is 10.5 Å². The third-order valence-corrected chi connectivity index (χ3v) is 4.70. The van der Waals surface area contributed by atoms with Gasteiger partial charge in [-0.3, -0.25) is 4.79 Å². The maximum Gasteiger partial charge on any atom is 0.319 e. The first kappa shape index (κ1) is 20.6. The molecular weight excluding hydrogens is 434 g/mol. The van der Waals surface area contributed by atoms with Crippen LogP contribution >= 0.6 is 15.9 Å². The summed E-state index contributed by atoms with van der Waals surface area (Å²) >= 11 is 3.41. The van der Waals surface area contributed by atoms with Crippen molar-refractivity contribution in [2.24, 2.45) is 0 Å². The van der Waals surface area contributed by atoms with E-state index in [0.29, 0.717) is 22.6 Å². The van der Waals surface area contributed by atoms with Gasteiger partial charge in [-0.25, -0.2) is 9.48 Å². The molecule has 3 amide bonds. The molecule has 7 nitrogen and oxygen atoms in total. The van der Waals surface area contributed by atoms with Crippen LogP contribution in [0.25, 0.3) is 5.69 Å². The van der Waals surface area contributed by atoms with Gasteiger partial charge in [0.2, 0.25) is 0 Å². The van der Waals surface area contributed by atoms with Gasteiger partial charge in [0.05, 0.1) is 34.5 Å². The summed E-state index contributed by atoms with van der Waals surface area (Å²) in [7, 11) is 0. The summed E-state index contributed by atoms with van der Waals surface area (Å²) in [6.45, 7) is 5.59. The molecule has 150 valence electrons. The summed E-state index contributed by atoms with van der Waals surface area (Å²) in [5.74, 6) is -0.302. The lowest BCUT2D eigenvalue weighted by Crippen LogP contribution is -2.34. The molecule has 0 saturated carbocycles. The highest BCUT2D eigenvalue weighted by Gasteiger charge is 2.17. The first-order valence-electron chi connectivity index (χ1n) is 9.13. The van der Waals surface area contributed by atoms with Crippen molar-refractivity contribution in [1.29, 1.82) is 0 Å². The minimum atomic E-state index is -0.332. The van der Waals surface area contributed by atoms with Gasteiger partial charge in [0.15, 0.2) is 0 Å². The van der Waals surface area contributed by atoms with Crippen molar-refractivity contribution in [2.45, 2.75) is 26.8 Å². The number of hydrogen-bond donors (Lipinski definition) is 3. The molecule has 0 saturated heterocycles. The van der Waals surface area contributed by atoms with E-state index in [1.165, 1.54) is 6.20 Å². The highest BCUT2D eigenvalue weighted by molar-refractivity contribution is 9.10. The predicted molar refractivity (Wildman–Crippen MR) is 118 cm³/mol. The van der Waals surface area contributed by atoms with Gasteiger partial charge in [-0.2, -0.15) is 5.10 Å². The van der Waals surface area contributed by atoms with E-state index in [0.717, 1.165) is 10.2 Å². The quantitative estimate of drug-likeness (QED) is 0.519. The Labute approximate surface area is 177 Å². The number of halogens is 1. The summed E-state index contributed by atoms with van der Waals surface area (Å²) in [6, 6.07) is 14.4. The molecule has 29 heavy (non-hydrogen) atoms. The molecule has 0 radical (unpaired) electrons. The average Bonchev–Trinajstić information content (AvgIpc) is 3.05. The van der Waals surface area contributed by atoms with Crippen molar-refractivity contribution in [3.05, 3.63) is 70.5 Å². The molecule has 0 aliphatic carbocycles. The molecule has 0 atom stereocenters. The van der Waals surface area contributed by atoms with Crippen LogP contribution in [-0.4, -0.2) is 27.8 Å². The van der Waals surface area contributed by atoms with Crippen LogP contribution in [0.2, 0.25) is 0 Å². The maximum atomic E-state index is 12.8. The molecule has 1 aromatic heterocycles. The van der Waals surface area contributed by atoms with Gasteiger partial charge in [0.25, 0.3) is 5.91 Å². The van der Waals surface area contributed by atoms with E-state index < -0.39 is 0 Å². The second kappa shape index (κ2) is 8.91. The SMILES string of the molecule is Cc1c(C(=O)Nc2ccccc2NC(=O)NC(C)C)cnn1-c1ccc(Br)cc1. The number of aromatic nitrogens is 2. The van der Waals surface area contributed by atoms with Crippen molar-refractivity contribution in [2.75, 3.05) is 10.6 Å². The van der Waals surface area contributed by atoms with Crippen LogP contribution in [0.5, 0.6) is 0 Å². The number of anilines is 2. The van der Waals surface area contributed by atoms with Crippen molar-refractivity contribution >= 4 is 39.2 Å². The monoisotopic (exact) mass is 455 g/mol. The molecule has 0 bridgehead atoms.